The van der Waals surface area contributed by atoms with Crippen LogP contribution in [0.5, 0.6) is 0 Å². The molecule has 9 rings (SSSR count). The SMILES string of the molecule is Cc1ncsc1-c1ccc(CNC(=O)[C@@H]2C[C@@H](O)CN2C(=O)[C@@H](NC(=O)CCCCCCC(=O)N2CCN(Cc3cnc(N4CC=C(c5cc(NC(=O)c6c[nH]c(=O)cc6C(F)(F)F)c(N6C[C@@H](C)N(C)[C@@H](C)C6)cc5F)CC4)nc3)CC2)C(C)(C)C)cc1. The van der Waals surface area contributed by atoms with Crippen molar-refractivity contribution in [2.24, 2.45) is 5.41 Å². The Balaban J connectivity index is 0.695. The number of β-amino-alcohol motifs (C(OH)–C–C–N with tert-alkyl or cyclic N) is 1. The first-order valence-corrected chi connectivity index (χ1v) is 31.4. The molecule has 20 nitrogen and oxygen atoms in total. The smallest absolute Gasteiger partial charge is 0.391 e. The zero-order chi connectivity index (χ0) is 63.9. The van der Waals surface area contributed by atoms with E-state index >= 15 is 4.39 Å². The summed E-state index contributed by atoms with van der Waals surface area (Å²) in [6, 6.07) is 9.28. The standard InChI is InChI=1S/C64H81F4N13O7S/c1-39-34-80(35-40(2)76(39)7)52-29-50(65)47(27-51(52)74-59(86)48-33-69-55(84)28-49(48)64(66,67)68)44-18-20-79(21-19-44)62-71-31-43(32-72-62)36-77-22-24-78(25-23-77)56(85)13-11-9-8-10-12-54(83)75-58(63(4,5)6)61(88)81-37-46(82)26-53(81)60(87)70-30-42-14-16-45(17-15-42)57-41(3)73-38-89-57/h14-18,27-29,31-33,38-40,46,53,58,82H,8-13,19-26,30,34-37H2,1-7H3,(H,69,84)(H,70,87)(H,74,86)(H,75,83)/t39-,40+,46-,53+,58-/m1/s1. The van der Waals surface area contributed by atoms with Crippen LogP contribution in [0.3, 0.4) is 0 Å². The molecule has 5 amide bonds. The number of thiazole rings is 1. The van der Waals surface area contributed by atoms with Crippen molar-refractivity contribution in [1.29, 1.82) is 0 Å². The number of anilines is 3. The van der Waals surface area contributed by atoms with Gasteiger partial charge in [0.1, 0.15) is 17.9 Å². The topological polar surface area (TPSA) is 233 Å². The third-order valence-corrected chi connectivity index (χ3v) is 18.4. The molecule has 4 aliphatic rings. The molecule has 3 fully saturated rings. The number of nitrogens with zero attached hydrogens (tertiary/aromatic N) is 9. The van der Waals surface area contributed by atoms with Gasteiger partial charge in [-0.25, -0.2) is 19.3 Å². The molecule has 3 aromatic heterocycles. The van der Waals surface area contributed by atoms with E-state index < -0.39 is 64.1 Å². The number of hydrogen-bond acceptors (Lipinski definition) is 15. The number of aromatic nitrogens is 4. The van der Waals surface area contributed by atoms with E-state index in [1.54, 1.807) is 29.2 Å². The summed E-state index contributed by atoms with van der Waals surface area (Å²) in [5.41, 5.74) is 3.05. The lowest BCUT2D eigenvalue weighted by molar-refractivity contribution is -0.144. The molecule has 4 aliphatic heterocycles. The molecule has 0 aliphatic carbocycles. The van der Waals surface area contributed by atoms with Gasteiger partial charge in [-0.3, -0.25) is 38.6 Å². The lowest BCUT2D eigenvalue weighted by Gasteiger charge is -2.44. The molecule has 3 saturated heterocycles. The first-order valence-electron chi connectivity index (χ1n) is 30.5. The van der Waals surface area contributed by atoms with Crippen molar-refractivity contribution >= 4 is 63.8 Å². The van der Waals surface area contributed by atoms with Gasteiger partial charge in [-0.05, 0) is 81.3 Å². The number of likely N-dealkylation sites (N-methyl/N-ethyl adjacent to an activating group) is 1. The van der Waals surface area contributed by atoms with Crippen LogP contribution >= 0.6 is 11.3 Å². The molecule has 5 N–H and O–H groups in total. The van der Waals surface area contributed by atoms with E-state index in [-0.39, 0.29) is 67.0 Å². The number of aliphatic hydroxyl groups is 1. The van der Waals surface area contributed by atoms with Crippen molar-refractivity contribution in [3.63, 3.8) is 0 Å². The maximum Gasteiger partial charge on any atom is 0.417 e. The summed E-state index contributed by atoms with van der Waals surface area (Å²) in [5, 5.41) is 19.1. The van der Waals surface area contributed by atoms with Gasteiger partial charge in [-0.15, -0.1) is 11.3 Å². The molecule has 89 heavy (non-hydrogen) atoms. The molecule has 0 spiro atoms. The highest BCUT2D eigenvalue weighted by molar-refractivity contribution is 7.13. The zero-order valence-electron chi connectivity index (χ0n) is 51.6. The molecule has 0 bridgehead atoms. The van der Waals surface area contributed by atoms with Crippen molar-refractivity contribution in [3.8, 4) is 10.4 Å². The van der Waals surface area contributed by atoms with Crippen molar-refractivity contribution in [2.75, 3.05) is 81.1 Å². The molecule has 5 atom stereocenters. The Morgan fingerprint density at radius 2 is 1.54 bits per heavy atom. The summed E-state index contributed by atoms with van der Waals surface area (Å²) >= 11 is 1.56. The highest BCUT2D eigenvalue weighted by atomic mass is 32.1. The number of nitrogens with one attached hydrogen (secondary N) is 4. The van der Waals surface area contributed by atoms with Crippen LogP contribution < -0.4 is 31.3 Å². The van der Waals surface area contributed by atoms with Crippen LogP contribution in [-0.2, 0) is 38.4 Å². The van der Waals surface area contributed by atoms with Gasteiger partial charge in [0.15, 0.2) is 0 Å². The van der Waals surface area contributed by atoms with Crippen molar-refractivity contribution in [3.05, 3.63) is 122 Å². The minimum absolute atomic E-state index is 0.0143. The van der Waals surface area contributed by atoms with Crippen LogP contribution in [0.1, 0.15) is 124 Å². The fourth-order valence-electron chi connectivity index (χ4n) is 12.0. The number of benzene rings is 2. The van der Waals surface area contributed by atoms with Gasteiger partial charge >= 0.3 is 6.18 Å². The van der Waals surface area contributed by atoms with E-state index in [1.165, 1.54) is 17.0 Å². The number of pyridine rings is 1. The van der Waals surface area contributed by atoms with E-state index in [9.17, 15) is 47.0 Å². The number of aliphatic hydroxyl groups excluding tert-OH is 1. The summed E-state index contributed by atoms with van der Waals surface area (Å²) in [6.07, 6.45) is 4.09. The Morgan fingerprint density at radius 3 is 2.17 bits per heavy atom. The fourth-order valence-corrected chi connectivity index (χ4v) is 12.9. The number of carbonyl (C=O) groups is 5. The van der Waals surface area contributed by atoms with E-state index in [0.717, 1.165) is 46.3 Å². The minimum Gasteiger partial charge on any atom is -0.391 e. The van der Waals surface area contributed by atoms with Crippen LogP contribution in [0.25, 0.3) is 16.0 Å². The largest absolute Gasteiger partial charge is 0.417 e. The lowest BCUT2D eigenvalue weighted by atomic mass is 9.85. The Morgan fingerprint density at radius 1 is 0.854 bits per heavy atom. The molecule has 0 radical (unpaired) electrons. The molecule has 0 saturated carbocycles. The fraction of sp³-hybridized carbons (Fsp3) is 0.516. The number of alkyl halides is 3. The Kier molecular flexibility index (Phi) is 21.1. The van der Waals surface area contributed by atoms with Gasteiger partial charge in [-0.2, -0.15) is 13.2 Å². The zero-order valence-corrected chi connectivity index (χ0v) is 52.4. The Hall–Kier alpha value is -7.61. The molecule has 7 heterocycles. The van der Waals surface area contributed by atoms with Crippen LogP contribution in [0.15, 0.2) is 77.4 Å². The second kappa shape index (κ2) is 28.5. The highest BCUT2D eigenvalue weighted by Crippen LogP contribution is 2.38. The van der Waals surface area contributed by atoms with Gasteiger partial charge in [-0.1, -0.05) is 64.0 Å². The van der Waals surface area contributed by atoms with Gasteiger partial charge in [0.05, 0.1) is 44.7 Å². The van der Waals surface area contributed by atoms with Crippen molar-refractivity contribution < 1.29 is 46.6 Å². The number of rotatable bonds is 20. The van der Waals surface area contributed by atoms with Gasteiger partial charge < -0.3 is 45.6 Å². The molecular formula is C64H81F4N13O7S. The summed E-state index contributed by atoms with van der Waals surface area (Å²) in [7, 11) is 1.98. The second-order valence-electron chi connectivity index (χ2n) is 25.0. The van der Waals surface area contributed by atoms with Crippen LogP contribution in [0, 0.1) is 18.2 Å². The summed E-state index contributed by atoms with van der Waals surface area (Å²) in [6.45, 7) is 16.6. The second-order valence-corrected chi connectivity index (χ2v) is 25.9. The maximum atomic E-state index is 16.3. The number of amides is 5. The Bertz CT molecular complexity index is 3430. The first-order chi connectivity index (χ1) is 42.3. The lowest BCUT2D eigenvalue weighted by Crippen LogP contribution is -2.57. The number of unbranched alkanes of at least 4 members (excludes halogenated alkanes) is 3. The van der Waals surface area contributed by atoms with E-state index in [0.29, 0.717) is 108 Å². The number of likely N-dealkylation sites (tertiary alicyclic amines) is 1. The van der Waals surface area contributed by atoms with Crippen LogP contribution in [0.2, 0.25) is 0 Å². The molecular weight excluding hydrogens is 1170 g/mol. The third kappa shape index (κ3) is 16.4. The number of carbonyl (C=O) groups excluding carboxylic acids is 5. The maximum absolute atomic E-state index is 16.3. The number of H-pyrrole nitrogens is 1. The van der Waals surface area contributed by atoms with E-state index in [4.69, 9.17) is 0 Å². The quantitative estimate of drug-likeness (QED) is 0.0373. The van der Waals surface area contributed by atoms with Gasteiger partial charge in [0.2, 0.25) is 35.1 Å². The number of aryl methyl sites for hydroxylation is 1. The van der Waals surface area contributed by atoms with Crippen LogP contribution in [0.4, 0.5) is 34.9 Å². The number of aromatic amines is 1. The van der Waals surface area contributed by atoms with Crippen LogP contribution in [-0.4, -0.2) is 170 Å². The number of piperazine rings is 2. The number of halogens is 4. The van der Waals surface area contributed by atoms with E-state index in [1.807, 2.05) is 93.6 Å². The van der Waals surface area contributed by atoms with Crippen molar-refractivity contribution in [2.45, 2.75) is 142 Å². The first kappa shape index (κ1) is 65.8. The predicted octanol–water partition coefficient (Wildman–Crippen LogP) is 7.62. The van der Waals surface area contributed by atoms with E-state index in [2.05, 4.69) is 45.7 Å². The average Bonchev–Trinajstić information content (AvgIpc) is 1.23. The highest BCUT2D eigenvalue weighted by Gasteiger charge is 2.45. The predicted molar refractivity (Wildman–Crippen MR) is 333 cm³/mol. The average molecular weight is 1250 g/mol. The summed E-state index contributed by atoms with van der Waals surface area (Å²) in [5.74, 6) is -2.14. The van der Waals surface area contributed by atoms with Gasteiger partial charge in [0, 0.05) is 139 Å². The molecule has 0 unspecified atom stereocenters. The minimum atomic E-state index is -4.98. The molecule has 5 aromatic rings. The molecule has 478 valence electrons. The Labute approximate surface area is 520 Å². The molecule has 25 heteroatoms. The summed E-state index contributed by atoms with van der Waals surface area (Å²) in [4.78, 5) is 108. The summed E-state index contributed by atoms with van der Waals surface area (Å²) < 4.78 is 58.4. The molecule has 2 aromatic carbocycles. The van der Waals surface area contributed by atoms with Crippen molar-refractivity contribution in [1.82, 2.24) is 50.2 Å². The third-order valence-electron chi connectivity index (χ3n) is 17.4. The normalized spacial score (nSPS) is 19.9. The number of hydrogen-bond donors (Lipinski definition) is 5. The monoisotopic (exact) mass is 1250 g/mol. The van der Waals surface area contributed by atoms with Gasteiger partial charge in [0.25, 0.3) is 5.91 Å².